The average molecular weight is 658 g/mol. The van der Waals surface area contributed by atoms with Crippen molar-refractivity contribution in [1.82, 2.24) is 15.1 Å². The van der Waals surface area contributed by atoms with Gasteiger partial charge in [-0.15, -0.1) is 0 Å². The molecule has 0 saturated carbocycles. The van der Waals surface area contributed by atoms with E-state index < -0.39 is 5.91 Å². The summed E-state index contributed by atoms with van der Waals surface area (Å²) >= 11 is 0. The Bertz CT molecular complexity index is 2310. The number of hydrogen-bond acceptors (Lipinski definition) is 3. The number of carbonyl (C=O) groups is 1. The number of nitrogens with one attached hydrogen (secondary N) is 1. The first-order valence-electron chi connectivity index (χ1n) is 13.8. The van der Waals surface area contributed by atoms with Gasteiger partial charge in [-0.3, -0.25) is 14.6 Å². The minimum absolute atomic E-state index is 0. The van der Waals surface area contributed by atoms with Gasteiger partial charge in [-0.1, -0.05) is 24.7 Å². The van der Waals surface area contributed by atoms with Crippen molar-refractivity contribution in [1.29, 1.82) is 0 Å². The van der Waals surface area contributed by atoms with Gasteiger partial charge in [0, 0.05) is 81.4 Å². The van der Waals surface area contributed by atoms with Gasteiger partial charge >= 0.3 is 0 Å². The third-order valence-electron chi connectivity index (χ3n) is 4.81. The van der Waals surface area contributed by atoms with Crippen LogP contribution in [0.3, 0.4) is 0 Å². The van der Waals surface area contributed by atoms with E-state index in [0.29, 0.717) is 13.1 Å². The summed E-state index contributed by atoms with van der Waals surface area (Å²) in [5, 5.41) is 2.77. The highest BCUT2D eigenvalue weighted by molar-refractivity contribution is 5.94. The van der Waals surface area contributed by atoms with Crippen LogP contribution in [0.15, 0.2) is 0 Å². The Morgan fingerprint density at radius 3 is 1.26 bits per heavy atom. The molecule has 276 valence electrons. The molecule has 0 aromatic carbocycles. The largest absolute Gasteiger partial charge is 0.344 e. The molecule has 47 heavy (non-hydrogen) atoms. The summed E-state index contributed by atoms with van der Waals surface area (Å²) in [4.78, 5) is 16.5. The van der Waals surface area contributed by atoms with Crippen molar-refractivity contribution >= 4 is 5.91 Å². The lowest BCUT2D eigenvalue weighted by molar-refractivity contribution is -0.115. The smallest absolute Gasteiger partial charge is 0.296 e. The molecule has 1 heterocycles. The van der Waals surface area contributed by atoms with E-state index in [9.17, 15) is 4.79 Å². The van der Waals surface area contributed by atoms with Crippen molar-refractivity contribution in [3.8, 4) is 189 Å². The minimum atomic E-state index is -0.430. The van der Waals surface area contributed by atoms with Crippen LogP contribution < -0.4 is 5.32 Å². The van der Waals surface area contributed by atoms with Gasteiger partial charge in [0.25, 0.3) is 5.91 Å². The quantitative estimate of drug-likeness (QED) is 0.305. The zero-order valence-electron chi connectivity index (χ0n) is 26.1. The van der Waals surface area contributed by atoms with E-state index in [1.54, 1.807) is 13.8 Å². The van der Waals surface area contributed by atoms with Gasteiger partial charge < -0.3 is 5.32 Å². The fraction of sp³-hybridized carbons (Fsp3) is 0.233. The maximum atomic E-state index is 12.1. The average Bonchev–Trinajstić information content (AvgIpc) is 3.45. The molecule has 0 aliphatic carbocycles. The Morgan fingerprint density at radius 1 is 0.532 bits per heavy atom. The maximum Gasteiger partial charge on any atom is 0.296 e. The first-order chi connectivity index (χ1) is 23.2. The van der Waals surface area contributed by atoms with E-state index in [0.717, 1.165) is 26.1 Å². The summed E-state index contributed by atoms with van der Waals surface area (Å²) in [6, 6.07) is 0. The van der Waals surface area contributed by atoms with Gasteiger partial charge in [-0.05, 0) is 186 Å². The van der Waals surface area contributed by atoms with Crippen molar-refractivity contribution in [3.05, 3.63) is 0 Å². The molecule has 0 aromatic heterocycles. The minimum Gasteiger partial charge on any atom is -0.344 e. The number of carbonyl (C=O) groups excluding carboxylic acids is 1. The SMILES string of the molecule is CC#CC#CC#CC#CC#CC#CC#CC#CC(=O)NCCN1CCN(CCC)C1C#CC#CC#CC#CC#CC#CC#CC#CC.[HH].[HH].[HH].[HH].[HH].[HH].[HH].[HH].[HH].[HH].[HH].[HH].[HH].[HH].[HH].[HH].[HH].[HH].[HH].[HH].[HH].[HH].[HH].[HH].[HH].[HH].[HH].[HH].[HH].[HH]. The molecular formula is C43H83N3O. The van der Waals surface area contributed by atoms with Crippen molar-refractivity contribution in [2.45, 2.75) is 33.4 Å². The molecule has 1 amide bonds. The standard InChI is InChI=1S/C43H23N3O.30H2/c1-4-7-9-11-13-15-17-19-21-23-25-27-29-31-33-35-42(47)44-37-39-46-41-40-45(38-6-3)43(46)36-34-32-30-28-26-24-22-20-18-16-14-12-10-8-5-2;;;;;;;;;;;;;;;;;;;;;;;;;;;;;;/h43H,6,37-41H2,1-3H3,(H,44,47);30*1H. The summed E-state index contributed by atoms with van der Waals surface area (Å²) < 4.78 is 0. The predicted molar refractivity (Wildman–Crippen MR) is 249 cm³/mol. The van der Waals surface area contributed by atoms with Crippen molar-refractivity contribution < 1.29 is 47.6 Å². The Kier molecular flexibility index (Phi) is 22.6. The molecule has 0 spiro atoms. The van der Waals surface area contributed by atoms with Crippen LogP contribution in [0.4, 0.5) is 0 Å². The predicted octanol–water partition coefficient (Wildman–Crippen LogP) is 7.93. The second kappa shape index (κ2) is 28.5. The summed E-state index contributed by atoms with van der Waals surface area (Å²) in [5.41, 5.74) is 0. The van der Waals surface area contributed by atoms with E-state index >= 15 is 0 Å². The van der Waals surface area contributed by atoms with Crippen LogP contribution in [0.5, 0.6) is 0 Å². The first kappa shape index (κ1) is 37.4. The highest BCUT2D eigenvalue weighted by Gasteiger charge is 2.29. The van der Waals surface area contributed by atoms with Crippen LogP contribution in [0.25, 0.3) is 0 Å². The number of nitrogens with zero attached hydrogens (tertiary/aromatic N) is 2. The van der Waals surface area contributed by atoms with E-state index in [1.807, 2.05) is 0 Å². The van der Waals surface area contributed by atoms with Crippen molar-refractivity contribution in [2.75, 3.05) is 32.7 Å². The molecule has 0 radical (unpaired) electrons. The molecule has 1 atom stereocenters. The zero-order chi connectivity index (χ0) is 33.9. The Hall–Kier alpha value is -7.65. The van der Waals surface area contributed by atoms with Crippen LogP contribution in [0.2, 0.25) is 0 Å². The second-order valence-electron chi connectivity index (χ2n) is 7.97. The fourth-order valence-corrected chi connectivity index (χ4v) is 3.09. The van der Waals surface area contributed by atoms with Crippen molar-refractivity contribution in [2.24, 2.45) is 0 Å². The third kappa shape index (κ3) is 21.7. The highest BCUT2D eigenvalue weighted by Crippen LogP contribution is 2.13. The van der Waals surface area contributed by atoms with Crippen LogP contribution >= 0.6 is 0 Å². The summed E-state index contributed by atoms with van der Waals surface area (Å²) in [6.45, 7) is 9.12. The van der Waals surface area contributed by atoms with Gasteiger partial charge in [0.1, 0.15) is 6.17 Å². The number of rotatable bonds is 5. The lowest BCUT2D eigenvalue weighted by atomic mass is 10.3. The fourth-order valence-electron chi connectivity index (χ4n) is 3.09. The third-order valence-corrected chi connectivity index (χ3v) is 4.81. The van der Waals surface area contributed by atoms with Crippen LogP contribution in [0, 0.1) is 189 Å². The van der Waals surface area contributed by atoms with E-state index in [1.165, 1.54) is 0 Å². The van der Waals surface area contributed by atoms with E-state index in [2.05, 4.69) is 211 Å². The maximum absolute atomic E-state index is 12.1. The molecule has 1 aliphatic rings. The molecule has 1 saturated heterocycles. The Balaban J connectivity index is -0.0000000263. The molecule has 1 aliphatic heterocycles. The van der Waals surface area contributed by atoms with Gasteiger partial charge in [0.15, 0.2) is 0 Å². The monoisotopic (exact) mass is 658 g/mol. The topological polar surface area (TPSA) is 35.6 Å². The molecule has 4 nitrogen and oxygen atoms in total. The highest BCUT2D eigenvalue weighted by atomic mass is 16.1. The molecule has 1 unspecified atom stereocenters. The Labute approximate surface area is 325 Å². The van der Waals surface area contributed by atoms with Crippen molar-refractivity contribution in [3.63, 3.8) is 0 Å². The summed E-state index contributed by atoms with van der Waals surface area (Å²) in [6.07, 6.45) is 0.887. The summed E-state index contributed by atoms with van der Waals surface area (Å²) in [5.74, 6) is 82.2. The lowest BCUT2D eigenvalue weighted by Crippen LogP contribution is -2.41. The molecule has 0 aromatic rings. The summed E-state index contributed by atoms with van der Waals surface area (Å²) in [7, 11) is 0. The van der Waals surface area contributed by atoms with Gasteiger partial charge in [0.05, 0.1) is 0 Å². The number of hydrogen-bond donors (Lipinski definition) is 1. The van der Waals surface area contributed by atoms with E-state index in [4.69, 9.17) is 0 Å². The molecule has 1 N–H and O–H groups in total. The Morgan fingerprint density at radius 2 is 0.872 bits per heavy atom. The molecule has 1 rings (SSSR count). The molecule has 1 fully saturated rings. The van der Waals surface area contributed by atoms with Gasteiger partial charge in [-0.2, -0.15) is 0 Å². The van der Waals surface area contributed by atoms with Crippen LogP contribution in [-0.2, 0) is 4.79 Å². The molecule has 0 bridgehead atoms. The second-order valence-corrected chi connectivity index (χ2v) is 7.97. The number of amides is 1. The molecule has 4 heteroatoms. The zero-order valence-corrected chi connectivity index (χ0v) is 26.1. The molecular weight excluding hydrogens is 574 g/mol. The normalized spacial score (nSPS) is 10.1. The first-order valence-corrected chi connectivity index (χ1v) is 13.8. The van der Waals surface area contributed by atoms with Crippen LogP contribution in [-0.4, -0.2) is 54.6 Å². The lowest BCUT2D eigenvalue weighted by Gasteiger charge is -2.25. The van der Waals surface area contributed by atoms with Gasteiger partial charge in [0.2, 0.25) is 0 Å². The van der Waals surface area contributed by atoms with Crippen LogP contribution in [0.1, 0.15) is 70.0 Å². The van der Waals surface area contributed by atoms with E-state index in [-0.39, 0.29) is 49.0 Å². The van der Waals surface area contributed by atoms with Gasteiger partial charge in [-0.25, -0.2) is 0 Å².